The summed E-state index contributed by atoms with van der Waals surface area (Å²) in [6.07, 6.45) is 0.873. The largest absolute Gasteiger partial charge is 0.525 e. The average molecular weight is 195 g/mol. The highest BCUT2D eigenvalue weighted by molar-refractivity contribution is 6.42. The summed E-state index contributed by atoms with van der Waals surface area (Å²) >= 11 is 0. The highest BCUT2D eigenvalue weighted by Crippen LogP contribution is 1.96. The van der Waals surface area contributed by atoms with Crippen LogP contribution in [0.15, 0.2) is 30.3 Å². The highest BCUT2D eigenvalue weighted by Gasteiger charge is 1.91. The molecule has 0 bridgehead atoms. The second kappa shape index (κ2) is 6.70. The quantitative estimate of drug-likeness (QED) is 0.586. The van der Waals surface area contributed by atoms with Crippen molar-refractivity contribution in [3.63, 3.8) is 0 Å². The summed E-state index contributed by atoms with van der Waals surface area (Å²) in [5.74, 6) is 8.07. The van der Waals surface area contributed by atoms with Crippen LogP contribution in [0.3, 0.4) is 0 Å². The highest BCUT2D eigenvalue weighted by atomic mass is 14.8. The zero-order valence-electron chi connectivity index (χ0n) is 8.70. The molecule has 3 heteroatoms. The third-order valence-corrected chi connectivity index (χ3v) is 1.92. The van der Waals surface area contributed by atoms with Crippen molar-refractivity contribution < 1.29 is 0 Å². The fourth-order valence-electron chi connectivity index (χ4n) is 1.09. The van der Waals surface area contributed by atoms with E-state index in [0.717, 1.165) is 12.0 Å². The van der Waals surface area contributed by atoms with E-state index >= 15 is 0 Å². The average Bonchev–Trinajstić information content (AvgIpc) is 2.31. The van der Waals surface area contributed by atoms with Crippen LogP contribution in [0.25, 0.3) is 0 Å². The molecule has 0 fully saturated rings. The molecule has 2 nitrogen and oxygen atoms in total. The van der Waals surface area contributed by atoms with E-state index in [-0.39, 0.29) is 6.04 Å². The van der Waals surface area contributed by atoms with Crippen molar-refractivity contribution in [2.75, 3.05) is 0 Å². The molecule has 0 aliphatic heterocycles. The SMILES string of the molecule is CCC(C#Cc1ccccc1)N[B-]C#N. The zero-order chi connectivity index (χ0) is 10.9. The van der Waals surface area contributed by atoms with Gasteiger partial charge >= 0.3 is 0 Å². The van der Waals surface area contributed by atoms with E-state index in [1.807, 2.05) is 43.2 Å². The Morgan fingerprint density at radius 2 is 2.13 bits per heavy atom. The molecule has 0 aliphatic rings. The molecule has 0 saturated heterocycles. The molecule has 0 heterocycles. The maximum Gasteiger partial charge on any atom is 0.0306 e. The first kappa shape index (κ1) is 11.4. The number of rotatable bonds is 3. The second-order valence-electron chi connectivity index (χ2n) is 3.04. The molecular weight excluding hydrogens is 183 g/mol. The Morgan fingerprint density at radius 1 is 1.40 bits per heavy atom. The summed E-state index contributed by atoms with van der Waals surface area (Å²) in [6.45, 7) is 2.03. The molecule has 1 rings (SSSR count). The van der Waals surface area contributed by atoms with Crippen LogP contribution in [0.1, 0.15) is 18.9 Å². The molecule has 15 heavy (non-hydrogen) atoms. The maximum absolute atomic E-state index is 8.38. The number of hydrogen-bond donors (Lipinski definition) is 1. The van der Waals surface area contributed by atoms with Crippen LogP contribution >= 0.6 is 0 Å². The Labute approximate surface area is 91.6 Å². The van der Waals surface area contributed by atoms with Crippen LogP contribution in [0.5, 0.6) is 0 Å². The summed E-state index contributed by atoms with van der Waals surface area (Å²) in [5, 5.41) is 11.3. The number of nitrogens with one attached hydrogen (secondary N) is 1. The van der Waals surface area contributed by atoms with Crippen molar-refractivity contribution >= 4 is 7.41 Å². The van der Waals surface area contributed by atoms with Gasteiger partial charge in [0.05, 0.1) is 0 Å². The number of nitriles is 1. The first-order valence-corrected chi connectivity index (χ1v) is 4.90. The molecule has 0 saturated carbocycles. The number of benzene rings is 1. The van der Waals surface area contributed by atoms with Crippen LogP contribution in [0.2, 0.25) is 0 Å². The Hall–Kier alpha value is -1.71. The van der Waals surface area contributed by atoms with Crippen molar-refractivity contribution in [2.45, 2.75) is 19.4 Å². The van der Waals surface area contributed by atoms with Gasteiger partial charge in [0.25, 0.3) is 0 Å². The molecule has 0 aromatic heterocycles. The first-order chi connectivity index (χ1) is 7.36. The van der Waals surface area contributed by atoms with Gasteiger partial charge in [-0.3, -0.25) is 5.26 Å². The van der Waals surface area contributed by atoms with E-state index < -0.39 is 0 Å². The summed E-state index contributed by atoms with van der Waals surface area (Å²) in [4.78, 5) is 0. The minimum Gasteiger partial charge on any atom is -0.525 e. The van der Waals surface area contributed by atoms with Crippen LogP contribution in [-0.4, -0.2) is 13.5 Å². The van der Waals surface area contributed by atoms with Crippen LogP contribution in [0.4, 0.5) is 0 Å². The predicted molar refractivity (Wildman–Crippen MR) is 61.9 cm³/mol. The van der Waals surface area contributed by atoms with Gasteiger partial charge in [-0.15, -0.1) is 7.41 Å². The fraction of sp³-hybridized carbons (Fsp3) is 0.250. The topological polar surface area (TPSA) is 35.8 Å². The molecule has 1 aromatic rings. The van der Waals surface area contributed by atoms with E-state index in [9.17, 15) is 0 Å². The molecule has 74 valence electrons. The predicted octanol–water partition coefficient (Wildman–Crippen LogP) is 1.51. The van der Waals surface area contributed by atoms with Gasteiger partial charge in [-0.2, -0.15) is 0 Å². The lowest BCUT2D eigenvalue weighted by atomic mass is 9.96. The molecule has 1 N–H and O–H groups in total. The van der Waals surface area contributed by atoms with Gasteiger partial charge in [0, 0.05) is 11.6 Å². The number of hydrogen-bond acceptors (Lipinski definition) is 2. The van der Waals surface area contributed by atoms with E-state index in [1.165, 1.54) is 7.41 Å². The molecule has 0 spiro atoms. The molecule has 0 aliphatic carbocycles. The van der Waals surface area contributed by atoms with E-state index in [1.54, 1.807) is 0 Å². The standard InChI is InChI=1S/C12H12BN2/c1-2-12(15-13-10-14)9-8-11-6-4-3-5-7-11/h3-7,12,15H,2H2,1H3/q-1. The Balaban J connectivity index is 2.59. The number of nitrogens with zero attached hydrogens (tertiary/aromatic N) is 1. The van der Waals surface area contributed by atoms with Gasteiger partial charge in [0.2, 0.25) is 0 Å². The normalized spacial score (nSPS) is 10.9. The van der Waals surface area contributed by atoms with Crippen LogP contribution in [0, 0.1) is 23.1 Å². The van der Waals surface area contributed by atoms with Gasteiger partial charge in [-0.1, -0.05) is 37.0 Å². The minimum absolute atomic E-state index is 0.0462. The zero-order valence-corrected chi connectivity index (χ0v) is 8.70. The van der Waals surface area contributed by atoms with Crippen molar-refractivity contribution in [1.82, 2.24) is 5.23 Å². The molecule has 2 radical (unpaired) electrons. The molecule has 1 atom stereocenters. The van der Waals surface area contributed by atoms with Crippen molar-refractivity contribution in [3.05, 3.63) is 35.9 Å². The van der Waals surface area contributed by atoms with E-state index in [4.69, 9.17) is 5.26 Å². The van der Waals surface area contributed by atoms with Gasteiger partial charge in [0.15, 0.2) is 0 Å². The van der Waals surface area contributed by atoms with E-state index in [0.29, 0.717) is 0 Å². The van der Waals surface area contributed by atoms with Crippen molar-refractivity contribution in [3.8, 4) is 17.8 Å². The molecule has 0 amide bonds. The third-order valence-electron chi connectivity index (χ3n) is 1.92. The summed E-state index contributed by atoms with van der Waals surface area (Å²) < 4.78 is 0. The monoisotopic (exact) mass is 195 g/mol. The van der Waals surface area contributed by atoms with Gasteiger partial charge in [0.1, 0.15) is 0 Å². The molecule has 1 aromatic carbocycles. The fourth-order valence-corrected chi connectivity index (χ4v) is 1.09. The lowest BCUT2D eigenvalue weighted by Gasteiger charge is -2.16. The van der Waals surface area contributed by atoms with E-state index in [2.05, 4.69) is 17.1 Å². The maximum atomic E-state index is 8.38. The Bertz CT molecular complexity index is 384. The third kappa shape index (κ3) is 4.36. The Kier molecular flexibility index (Phi) is 5.08. The smallest absolute Gasteiger partial charge is 0.0306 e. The van der Waals surface area contributed by atoms with Gasteiger partial charge in [-0.05, 0) is 18.6 Å². The van der Waals surface area contributed by atoms with Crippen LogP contribution < -0.4 is 5.23 Å². The molecule has 1 unspecified atom stereocenters. The summed E-state index contributed by atoms with van der Waals surface area (Å²) in [7, 11) is 1.37. The second-order valence-corrected chi connectivity index (χ2v) is 3.04. The van der Waals surface area contributed by atoms with Crippen LogP contribution in [-0.2, 0) is 0 Å². The van der Waals surface area contributed by atoms with Gasteiger partial charge < -0.3 is 5.23 Å². The minimum atomic E-state index is 0.0462. The van der Waals surface area contributed by atoms with Gasteiger partial charge in [-0.25, -0.2) is 5.97 Å². The summed E-state index contributed by atoms with van der Waals surface area (Å²) in [6, 6.07) is 9.86. The molecular formula is C12H12BN2-. The summed E-state index contributed by atoms with van der Waals surface area (Å²) in [5.41, 5.74) is 0.995. The first-order valence-electron chi connectivity index (χ1n) is 4.90. The van der Waals surface area contributed by atoms with Crippen molar-refractivity contribution in [1.29, 1.82) is 5.26 Å². The van der Waals surface area contributed by atoms with Crippen molar-refractivity contribution in [2.24, 2.45) is 0 Å². The lowest BCUT2D eigenvalue weighted by molar-refractivity contribution is 0.742. The Morgan fingerprint density at radius 3 is 2.73 bits per heavy atom. The lowest BCUT2D eigenvalue weighted by Crippen LogP contribution is -2.29.